The Morgan fingerprint density at radius 1 is 1.28 bits per heavy atom. The molecule has 2 N–H and O–H groups in total. The van der Waals surface area contributed by atoms with E-state index in [0.29, 0.717) is 18.3 Å². The standard InChI is InChI=1S/C17H19N7O/c1-23-14(9-15(21-23)12-7-8-12)10-18-17(25)20-16-11-19-22-24(16)13-5-3-2-4-6-13/h2-6,9,11-12H,7-8,10H2,1H3,(H2,18,20,25). The van der Waals surface area contributed by atoms with Crippen LogP contribution in [0.3, 0.4) is 0 Å². The Labute approximate surface area is 144 Å². The van der Waals surface area contributed by atoms with Crippen LogP contribution in [0.5, 0.6) is 0 Å². The van der Waals surface area contributed by atoms with Crippen LogP contribution < -0.4 is 10.6 Å². The number of nitrogens with one attached hydrogen (secondary N) is 2. The number of hydrogen-bond acceptors (Lipinski definition) is 4. The number of aromatic nitrogens is 5. The molecule has 128 valence electrons. The van der Waals surface area contributed by atoms with E-state index in [-0.39, 0.29) is 6.03 Å². The molecule has 1 saturated carbocycles. The van der Waals surface area contributed by atoms with Crippen molar-refractivity contribution in [1.29, 1.82) is 0 Å². The average molecular weight is 337 g/mol. The Hall–Kier alpha value is -3.16. The highest BCUT2D eigenvalue weighted by molar-refractivity contribution is 5.88. The van der Waals surface area contributed by atoms with Crippen LogP contribution in [0.2, 0.25) is 0 Å². The molecule has 2 amide bonds. The van der Waals surface area contributed by atoms with E-state index in [1.54, 1.807) is 4.68 Å². The summed E-state index contributed by atoms with van der Waals surface area (Å²) in [6, 6.07) is 11.3. The van der Waals surface area contributed by atoms with E-state index >= 15 is 0 Å². The Morgan fingerprint density at radius 3 is 2.84 bits per heavy atom. The number of rotatable bonds is 5. The van der Waals surface area contributed by atoms with Gasteiger partial charge in [-0.25, -0.2) is 4.79 Å². The number of nitrogens with zero attached hydrogens (tertiary/aromatic N) is 5. The zero-order chi connectivity index (χ0) is 17.2. The van der Waals surface area contributed by atoms with Crippen LogP contribution in [0.4, 0.5) is 10.6 Å². The lowest BCUT2D eigenvalue weighted by molar-refractivity contribution is 0.251. The van der Waals surface area contributed by atoms with Crippen molar-refractivity contribution in [2.75, 3.05) is 5.32 Å². The predicted molar refractivity (Wildman–Crippen MR) is 92.4 cm³/mol. The molecule has 8 heteroatoms. The van der Waals surface area contributed by atoms with Gasteiger partial charge in [-0.05, 0) is 31.0 Å². The van der Waals surface area contributed by atoms with E-state index in [0.717, 1.165) is 17.1 Å². The van der Waals surface area contributed by atoms with Gasteiger partial charge in [0.1, 0.15) is 0 Å². The molecule has 25 heavy (non-hydrogen) atoms. The maximum absolute atomic E-state index is 12.2. The van der Waals surface area contributed by atoms with Gasteiger partial charge < -0.3 is 5.32 Å². The number of carbonyl (C=O) groups excluding carboxylic acids is 1. The summed E-state index contributed by atoms with van der Waals surface area (Å²) < 4.78 is 3.40. The molecule has 1 aromatic carbocycles. The molecule has 0 atom stereocenters. The minimum absolute atomic E-state index is 0.311. The van der Waals surface area contributed by atoms with E-state index in [2.05, 4.69) is 32.1 Å². The predicted octanol–water partition coefficient (Wildman–Crippen LogP) is 2.20. The van der Waals surface area contributed by atoms with Gasteiger partial charge in [0.15, 0.2) is 5.82 Å². The maximum Gasteiger partial charge on any atom is 0.320 e. The first-order valence-corrected chi connectivity index (χ1v) is 8.24. The number of anilines is 1. The second-order valence-corrected chi connectivity index (χ2v) is 6.13. The maximum atomic E-state index is 12.2. The normalized spacial score (nSPS) is 13.6. The summed E-state index contributed by atoms with van der Waals surface area (Å²) in [7, 11) is 1.90. The van der Waals surface area contributed by atoms with Crippen molar-refractivity contribution in [2.24, 2.45) is 7.05 Å². The smallest absolute Gasteiger partial charge is 0.320 e. The molecule has 0 aliphatic heterocycles. The zero-order valence-corrected chi connectivity index (χ0v) is 13.9. The molecule has 0 spiro atoms. The van der Waals surface area contributed by atoms with Gasteiger partial charge >= 0.3 is 6.03 Å². The molecular weight excluding hydrogens is 318 g/mol. The van der Waals surface area contributed by atoms with E-state index in [4.69, 9.17) is 0 Å². The van der Waals surface area contributed by atoms with Gasteiger partial charge in [-0.15, -0.1) is 5.10 Å². The Balaban J connectivity index is 1.39. The number of carbonyl (C=O) groups is 1. The summed E-state index contributed by atoms with van der Waals surface area (Å²) in [4.78, 5) is 12.2. The molecular formula is C17H19N7O. The third kappa shape index (κ3) is 3.37. The van der Waals surface area contributed by atoms with Crippen LogP contribution in [0, 0.1) is 0 Å². The first-order valence-electron chi connectivity index (χ1n) is 8.24. The van der Waals surface area contributed by atoms with Gasteiger partial charge in [0.05, 0.1) is 29.8 Å². The molecule has 0 unspecified atom stereocenters. The minimum atomic E-state index is -0.311. The van der Waals surface area contributed by atoms with Crippen molar-refractivity contribution < 1.29 is 4.79 Å². The third-order valence-electron chi connectivity index (χ3n) is 4.21. The van der Waals surface area contributed by atoms with Gasteiger partial charge in [0.25, 0.3) is 0 Å². The Morgan fingerprint density at radius 2 is 2.08 bits per heavy atom. The number of urea groups is 1. The lowest BCUT2D eigenvalue weighted by Gasteiger charge is -2.09. The summed E-state index contributed by atoms with van der Waals surface area (Å²) in [6.45, 7) is 0.412. The monoisotopic (exact) mass is 337 g/mol. The van der Waals surface area contributed by atoms with E-state index < -0.39 is 0 Å². The molecule has 1 aliphatic carbocycles. The number of para-hydroxylation sites is 1. The highest BCUT2D eigenvalue weighted by Gasteiger charge is 2.26. The summed E-state index contributed by atoms with van der Waals surface area (Å²) in [6.07, 6.45) is 3.93. The number of aryl methyl sites for hydroxylation is 1. The molecule has 4 rings (SSSR count). The molecule has 0 bridgehead atoms. The Kier molecular flexibility index (Phi) is 3.93. The fourth-order valence-electron chi connectivity index (χ4n) is 2.69. The van der Waals surface area contributed by atoms with Crippen molar-refractivity contribution >= 4 is 11.8 Å². The van der Waals surface area contributed by atoms with Crippen LogP contribution in [-0.4, -0.2) is 30.8 Å². The van der Waals surface area contributed by atoms with Crippen LogP contribution in [0.25, 0.3) is 5.69 Å². The summed E-state index contributed by atoms with van der Waals surface area (Å²) in [5.41, 5.74) is 2.92. The Bertz CT molecular complexity index is 880. The van der Waals surface area contributed by atoms with Crippen molar-refractivity contribution in [1.82, 2.24) is 30.1 Å². The van der Waals surface area contributed by atoms with Crippen LogP contribution >= 0.6 is 0 Å². The second-order valence-electron chi connectivity index (χ2n) is 6.13. The van der Waals surface area contributed by atoms with Gasteiger partial charge in [-0.3, -0.25) is 10.00 Å². The fourth-order valence-corrected chi connectivity index (χ4v) is 2.69. The summed E-state index contributed by atoms with van der Waals surface area (Å²) >= 11 is 0. The molecule has 0 radical (unpaired) electrons. The van der Waals surface area contributed by atoms with Crippen molar-refractivity contribution in [3.63, 3.8) is 0 Å². The molecule has 2 heterocycles. The van der Waals surface area contributed by atoms with Crippen molar-refractivity contribution in [3.05, 3.63) is 54.0 Å². The average Bonchev–Trinajstić information content (AvgIpc) is 3.26. The lowest BCUT2D eigenvalue weighted by Crippen LogP contribution is -2.29. The van der Waals surface area contributed by atoms with Crippen LogP contribution in [-0.2, 0) is 13.6 Å². The highest BCUT2D eigenvalue weighted by Crippen LogP contribution is 2.39. The van der Waals surface area contributed by atoms with Crippen LogP contribution in [0.15, 0.2) is 42.6 Å². The quantitative estimate of drug-likeness (QED) is 0.747. The molecule has 3 aromatic rings. The fraction of sp³-hybridized carbons (Fsp3) is 0.294. The summed E-state index contributed by atoms with van der Waals surface area (Å²) in [5, 5.41) is 18.0. The summed E-state index contributed by atoms with van der Waals surface area (Å²) in [5.74, 6) is 1.10. The molecule has 1 fully saturated rings. The zero-order valence-electron chi connectivity index (χ0n) is 13.9. The van der Waals surface area contributed by atoms with Gasteiger partial charge in [-0.2, -0.15) is 9.78 Å². The lowest BCUT2D eigenvalue weighted by atomic mass is 10.2. The van der Waals surface area contributed by atoms with Crippen molar-refractivity contribution in [2.45, 2.75) is 25.3 Å². The molecule has 8 nitrogen and oxygen atoms in total. The topological polar surface area (TPSA) is 89.7 Å². The number of amides is 2. The number of hydrogen-bond donors (Lipinski definition) is 2. The SMILES string of the molecule is Cn1nc(C2CC2)cc1CNC(=O)Nc1cnnn1-c1ccccc1. The highest BCUT2D eigenvalue weighted by atomic mass is 16.2. The van der Waals surface area contributed by atoms with Gasteiger partial charge in [0.2, 0.25) is 0 Å². The largest absolute Gasteiger partial charge is 0.332 e. The van der Waals surface area contributed by atoms with Gasteiger partial charge in [0, 0.05) is 13.0 Å². The van der Waals surface area contributed by atoms with E-state index in [1.807, 2.05) is 42.1 Å². The molecule has 0 saturated heterocycles. The van der Waals surface area contributed by atoms with Crippen LogP contribution in [0.1, 0.15) is 30.1 Å². The molecule has 1 aliphatic rings. The first-order chi connectivity index (χ1) is 12.2. The number of benzene rings is 1. The minimum Gasteiger partial charge on any atom is -0.332 e. The first kappa shape index (κ1) is 15.4. The molecule has 2 aromatic heterocycles. The van der Waals surface area contributed by atoms with Crippen molar-refractivity contribution in [3.8, 4) is 5.69 Å². The third-order valence-corrected chi connectivity index (χ3v) is 4.21. The second kappa shape index (κ2) is 6.39. The van der Waals surface area contributed by atoms with Gasteiger partial charge in [-0.1, -0.05) is 23.4 Å². The van der Waals surface area contributed by atoms with E-state index in [9.17, 15) is 4.79 Å². The van der Waals surface area contributed by atoms with E-state index in [1.165, 1.54) is 19.0 Å².